The van der Waals surface area contributed by atoms with E-state index < -0.39 is 0 Å². The van der Waals surface area contributed by atoms with Gasteiger partial charge in [0.1, 0.15) is 0 Å². The van der Waals surface area contributed by atoms with Crippen LogP contribution in [0.1, 0.15) is 20.8 Å². The Morgan fingerprint density at radius 1 is 1.20 bits per heavy atom. The molecule has 1 aliphatic rings. The number of hydrogen-bond donors (Lipinski definition) is 0. The standard InChI is InChI=1S/C9H20S/c1-5-10(4)6-8(2)9(3)7-10/h8-9H,5-7H2,1-4H3. The van der Waals surface area contributed by atoms with Gasteiger partial charge >= 0.3 is 0 Å². The third-order valence-electron chi connectivity index (χ3n) is 3.00. The van der Waals surface area contributed by atoms with Crippen molar-refractivity contribution in [3.05, 3.63) is 0 Å². The van der Waals surface area contributed by atoms with Crippen molar-refractivity contribution in [2.45, 2.75) is 20.8 Å². The molecule has 2 atom stereocenters. The van der Waals surface area contributed by atoms with Crippen LogP contribution in [-0.2, 0) is 0 Å². The maximum absolute atomic E-state index is 2.52. The van der Waals surface area contributed by atoms with Crippen molar-refractivity contribution in [1.82, 2.24) is 0 Å². The first-order valence-electron chi connectivity index (χ1n) is 4.29. The lowest BCUT2D eigenvalue weighted by Gasteiger charge is -2.29. The highest BCUT2D eigenvalue weighted by molar-refractivity contribution is 8.33. The van der Waals surface area contributed by atoms with E-state index in [1.807, 2.05) is 0 Å². The molecule has 2 unspecified atom stereocenters. The van der Waals surface area contributed by atoms with Gasteiger partial charge < -0.3 is 0 Å². The van der Waals surface area contributed by atoms with Crippen molar-refractivity contribution in [2.24, 2.45) is 11.8 Å². The lowest BCUT2D eigenvalue weighted by molar-refractivity contribution is 0.494. The SMILES string of the molecule is CCS1(C)CC(C)C(C)C1. The zero-order valence-corrected chi connectivity index (χ0v) is 8.50. The van der Waals surface area contributed by atoms with Gasteiger partial charge in [-0.2, -0.15) is 0 Å². The maximum Gasteiger partial charge on any atom is -0.0202 e. The van der Waals surface area contributed by atoms with Gasteiger partial charge in [0.05, 0.1) is 0 Å². The van der Waals surface area contributed by atoms with E-state index in [2.05, 4.69) is 27.0 Å². The van der Waals surface area contributed by atoms with Crippen molar-refractivity contribution < 1.29 is 0 Å². The van der Waals surface area contributed by atoms with Crippen molar-refractivity contribution in [3.63, 3.8) is 0 Å². The predicted molar refractivity (Wildman–Crippen MR) is 52.1 cm³/mol. The van der Waals surface area contributed by atoms with E-state index >= 15 is 0 Å². The third kappa shape index (κ3) is 1.50. The van der Waals surface area contributed by atoms with Crippen LogP contribution >= 0.6 is 10.0 Å². The van der Waals surface area contributed by atoms with Gasteiger partial charge in [0.2, 0.25) is 0 Å². The summed E-state index contributed by atoms with van der Waals surface area (Å²) in [4.78, 5) is 0. The minimum atomic E-state index is -0.140. The van der Waals surface area contributed by atoms with Gasteiger partial charge in [-0.25, -0.2) is 10.0 Å². The fraction of sp³-hybridized carbons (Fsp3) is 1.00. The molecule has 1 aliphatic heterocycles. The minimum absolute atomic E-state index is 0.140. The fourth-order valence-corrected chi connectivity index (χ4v) is 5.70. The summed E-state index contributed by atoms with van der Waals surface area (Å²) in [5, 5.41) is 0. The largest absolute Gasteiger partial charge is 0.244 e. The Bertz CT molecular complexity index is 110. The van der Waals surface area contributed by atoms with Crippen LogP contribution in [0.15, 0.2) is 0 Å². The van der Waals surface area contributed by atoms with Crippen LogP contribution in [0.4, 0.5) is 0 Å². The second-order valence-corrected chi connectivity index (χ2v) is 8.26. The molecule has 0 aromatic carbocycles. The van der Waals surface area contributed by atoms with Gasteiger partial charge in [0.15, 0.2) is 0 Å². The smallest absolute Gasteiger partial charge is 0.0202 e. The summed E-state index contributed by atoms with van der Waals surface area (Å²) in [6, 6.07) is 0. The highest BCUT2D eigenvalue weighted by Crippen LogP contribution is 2.54. The van der Waals surface area contributed by atoms with Crippen LogP contribution in [0.5, 0.6) is 0 Å². The molecule has 1 saturated heterocycles. The summed E-state index contributed by atoms with van der Waals surface area (Å²) in [5.74, 6) is 6.51. The minimum Gasteiger partial charge on any atom is -0.244 e. The number of rotatable bonds is 1. The van der Waals surface area contributed by atoms with E-state index in [-0.39, 0.29) is 10.0 Å². The number of hydrogen-bond acceptors (Lipinski definition) is 0. The summed E-state index contributed by atoms with van der Waals surface area (Å²) in [6.07, 6.45) is 2.52. The van der Waals surface area contributed by atoms with Crippen molar-refractivity contribution in [3.8, 4) is 0 Å². The molecule has 1 rings (SSSR count). The van der Waals surface area contributed by atoms with Crippen molar-refractivity contribution in [1.29, 1.82) is 0 Å². The van der Waals surface area contributed by atoms with Crippen LogP contribution < -0.4 is 0 Å². The van der Waals surface area contributed by atoms with Gasteiger partial charge in [-0.05, 0) is 35.4 Å². The lowest BCUT2D eigenvalue weighted by Crippen LogP contribution is -2.03. The quantitative estimate of drug-likeness (QED) is 0.553. The van der Waals surface area contributed by atoms with Crippen LogP contribution in [0.3, 0.4) is 0 Å². The summed E-state index contributed by atoms with van der Waals surface area (Å²) >= 11 is 0. The molecular weight excluding hydrogens is 140 g/mol. The monoisotopic (exact) mass is 160 g/mol. The van der Waals surface area contributed by atoms with Crippen molar-refractivity contribution in [2.75, 3.05) is 23.5 Å². The van der Waals surface area contributed by atoms with Crippen LogP contribution in [-0.4, -0.2) is 23.5 Å². The molecule has 1 heteroatoms. The summed E-state index contributed by atoms with van der Waals surface area (Å²) in [6.45, 7) is 7.19. The molecular formula is C9H20S. The molecule has 1 heterocycles. The van der Waals surface area contributed by atoms with Gasteiger partial charge in [0.25, 0.3) is 0 Å². The molecule has 0 N–H and O–H groups in total. The lowest BCUT2D eigenvalue weighted by atomic mass is 10.0. The molecule has 0 bridgehead atoms. The fourth-order valence-electron chi connectivity index (χ4n) is 1.90. The zero-order valence-electron chi connectivity index (χ0n) is 7.68. The van der Waals surface area contributed by atoms with E-state index in [9.17, 15) is 0 Å². The summed E-state index contributed by atoms with van der Waals surface area (Å²) < 4.78 is 0. The molecule has 0 aliphatic carbocycles. The topological polar surface area (TPSA) is 0 Å². The summed E-state index contributed by atoms with van der Waals surface area (Å²) in [5.41, 5.74) is 0. The molecule has 0 nitrogen and oxygen atoms in total. The summed E-state index contributed by atoms with van der Waals surface area (Å²) in [7, 11) is -0.140. The van der Waals surface area contributed by atoms with Gasteiger partial charge in [-0.15, -0.1) is 0 Å². The van der Waals surface area contributed by atoms with Crippen LogP contribution in [0.25, 0.3) is 0 Å². The zero-order chi connectivity index (χ0) is 7.78. The van der Waals surface area contributed by atoms with E-state index in [0.29, 0.717) is 0 Å². The highest BCUT2D eigenvalue weighted by Gasteiger charge is 2.32. The second kappa shape index (κ2) is 2.77. The van der Waals surface area contributed by atoms with Crippen molar-refractivity contribution >= 4 is 10.0 Å². The Hall–Kier alpha value is 0.350. The highest BCUT2D eigenvalue weighted by atomic mass is 32.3. The average molecular weight is 160 g/mol. The normalized spacial score (nSPS) is 54.4. The maximum atomic E-state index is 2.52. The molecule has 0 aromatic heterocycles. The van der Waals surface area contributed by atoms with E-state index in [1.54, 1.807) is 0 Å². The molecule has 0 radical (unpaired) electrons. The molecule has 0 amide bonds. The Morgan fingerprint density at radius 3 is 1.80 bits per heavy atom. The van der Waals surface area contributed by atoms with Crippen LogP contribution in [0.2, 0.25) is 0 Å². The predicted octanol–water partition coefficient (Wildman–Crippen LogP) is 2.73. The Balaban J connectivity index is 2.55. The Labute approximate surface area is 66.7 Å². The Kier molecular flexibility index (Phi) is 2.34. The molecule has 0 spiro atoms. The first-order chi connectivity index (χ1) is 4.57. The molecule has 62 valence electrons. The molecule has 0 aromatic rings. The van der Waals surface area contributed by atoms with Gasteiger partial charge in [0, 0.05) is 0 Å². The average Bonchev–Trinajstić information content (AvgIpc) is 2.10. The molecule has 1 fully saturated rings. The van der Waals surface area contributed by atoms with Gasteiger partial charge in [-0.1, -0.05) is 20.8 Å². The van der Waals surface area contributed by atoms with Gasteiger partial charge in [-0.3, -0.25) is 0 Å². The second-order valence-electron chi connectivity index (χ2n) is 4.05. The van der Waals surface area contributed by atoms with E-state index in [1.165, 1.54) is 17.3 Å². The molecule has 10 heavy (non-hydrogen) atoms. The van der Waals surface area contributed by atoms with Crippen LogP contribution in [0, 0.1) is 11.8 Å². The van der Waals surface area contributed by atoms with E-state index in [4.69, 9.17) is 0 Å². The molecule has 0 saturated carbocycles. The van der Waals surface area contributed by atoms with E-state index in [0.717, 1.165) is 11.8 Å². The first-order valence-corrected chi connectivity index (χ1v) is 6.83. The third-order valence-corrected chi connectivity index (χ3v) is 7.05. The first kappa shape index (κ1) is 8.45. The Morgan fingerprint density at radius 2 is 1.60 bits per heavy atom.